The second kappa shape index (κ2) is 7.39. The Hall–Kier alpha value is -1.89. The maximum Gasteiger partial charge on any atom is 0.251 e. The maximum atomic E-state index is 12.5. The summed E-state index contributed by atoms with van der Waals surface area (Å²) in [6.07, 6.45) is 9.09. The SMILES string of the molecule is O=C(NCC1(Cn2cccn2)CC1)C1CCN(C(=O)[C@H]2CCCO2)CC1. The molecule has 1 atom stereocenters. The lowest BCUT2D eigenvalue weighted by atomic mass is 9.95. The Kier molecular flexibility index (Phi) is 4.98. The molecule has 7 heteroatoms. The van der Waals surface area contributed by atoms with Crippen LogP contribution < -0.4 is 5.32 Å². The predicted octanol–water partition coefficient (Wildman–Crippen LogP) is 1.20. The van der Waals surface area contributed by atoms with Crippen molar-refractivity contribution in [2.75, 3.05) is 26.2 Å². The summed E-state index contributed by atoms with van der Waals surface area (Å²) in [4.78, 5) is 26.8. The van der Waals surface area contributed by atoms with Crippen LogP contribution in [0.15, 0.2) is 18.5 Å². The van der Waals surface area contributed by atoms with Crippen LogP contribution in [0.2, 0.25) is 0 Å². The number of nitrogens with zero attached hydrogens (tertiary/aromatic N) is 3. The molecule has 3 fully saturated rings. The largest absolute Gasteiger partial charge is 0.368 e. The van der Waals surface area contributed by atoms with Crippen LogP contribution in [-0.4, -0.2) is 58.8 Å². The van der Waals surface area contributed by atoms with Gasteiger partial charge in [-0.2, -0.15) is 5.10 Å². The molecule has 142 valence electrons. The highest BCUT2D eigenvalue weighted by atomic mass is 16.5. The molecule has 2 aliphatic heterocycles. The number of aromatic nitrogens is 2. The summed E-state index contributed by atoms with van der Waals surface area (Å²) in [5.41, 5.74) is 0.179. The highest BCUT2D eigenvalue weighted by Crippen LogP contribution is 2.46. The van der Waals surface area contributed by atoms with Crippen molar-refractivity contribution in [3.8, 4) is 0 Å². The Morgan fingerprint density at radius 1 is 1.23 bits per heavy atom. The van der Waals surface area contributed by atoms with Crippen LogP contribution in [-0.2, 0) is 20.9 Å². The molecule has 0 unspecified atom stereocenters. The van der Waals surface area contributed by atoms with Crippen molar-refractivity contribution in [2.45, 2.75) is 51.2 Å². The third-order valence-corrected chi connectivity index (χ3v) is 6.03. The molecule has 26 heavy (non-hydrogen) atoms. The molecule has 2 amide bonds. The molecule has 0 radical (unpaired) electrons. The van der Waals surface area contributed by atoms with Crippen LogP contribution >= 0.6 is 0 Å². The van der Waals surface area contributed by atoms with Crippen LogP contribution in [0.3, 0.4) is 0 Å². The first-order valence-corrected chi connectivity index (χ1v) is 9.81. The van der Waals surface area contributed by atoms with Crippen molar-refractivity contribution in [3.05, 3.63) is 18.5 Å². The molecule has 0 aromatic carbocycles. The van der Waals surface area contributed by atoms with E-state index in [1.54, 1.807) is 6.20 Å². The first-order valence-electron chi connectivity index (χ1n) is 9.81. The van der Waals surface area contributed by atoms with Gasteiger partial charge in [0.05, 0.1) is 0 Å². The van der Waals surface area contributed by atoms with Crippen LogP contribution in [0.5, 0.6) is 0 Å². The highest BCUT2D eigenvalue weighted by Gasteiger charge is 2.43. The fourth-order valence-electron chi connectivity index (χ4n) is 4.06. The molecular formula is C19H28N4O3. The van der Waals surface area contributed by atoms with E-state index in [9.17, 15) is 9.59 Å². The number of amides is 2. The topological polar surface area (TPSA) is 76.5 Å². The van der Waals surface area contributed by atoms with Gasteiger partial charge in [-0.05, 0) is 44.6 Å². The fourth-order valence-corrected chi connectivity index (χ4v) is 4.06. The second-order valence-corrected chi connectivity index (χ2v) is 8.02. The minimum absolute atomic E-state index is 0.0176. The zero-order chi connectivity index (χ0) is 18.0. The van der Waals surface area contributed by atoms with E-state index >= 15 is 0 Å². The number of rotatable bonds is 6. The van der Waals surface area contributed by atoms with Crippen molar-refractivity contribution >= 4 is 11.8 Å². The lowest BCUT2D eigenvalue weighted by molar-refractivity contribution is -0.143. The number of ether oxygens (including phenoxy) is 1. The van der Waals surface area contributed by atoms with E-state index in [0.29, 0.717) is 19.7 Å². The molecule has 4 rings (SSSR count). The van der Waals surface area contributed by atoms with Crippen molar-refractivity contribution < 1.29 is 14.3 Å². The van der Waals surface area contributed by atoms with E-state index in [1.165, 1.54) is 0 Å². The highest BCUT2D eigenvalue weighted by molar-refractivity contribution is 5.82. The van der Waals surface area contributed by atoms with Crippen LogP contribution in [0.1, 0.15) is 38.5 Å². The Morgan fingerprint density at radius 3 is 2.65 bits per heavy atom. The van der Waals surface area contributed by atoms with Gasteiger partial charge in [0, 0.05) is 56.5 Å². The third kappa shape index (κ3) is 3.92. The summed E-state index contributed by atoms with van der Waals surface area (Å²) in [5, 5.41) is 7.43. The normalized spacial score (nSPS) is 25.2. The molecule has 1 saturated carbocycles. The number of hydrogen-bond donors (Lipinski definition) is 1. The summed E-state index contributed by atoms with van der Waals surface area (Å²) in [6, 6.07) is 1.93. The molecule has 3 heterocycles. The molecule has 3 aliphatic rings. The zero-order valence-electron chi connectivity index (χ0n) is 15.2. The summed E-state index contributed by atoms with van der Waals surface area (Å²) in [5.74, 6) is 0.266. The van der Waals surface area contributed by atoms with E-state index < -0.39 is 0 Å². The van der Waals surface area contributed by atoms with E-state index in [2.05, 4.69) is 10.4 Å². The third-order valence-electron chi connectivity index (χ3n) is 6.03. The zero-order valence-corrected chi connectivity index (χ0v) is 15.2. The number of hydrogen-bond acceptors (Lipinski definition) is 4. The van der Waals surface area contributed by atoms with Gasteiger partial charge in [-0.1, -0.05) is 0 Å². The fraction of sp³-hybridized carbons (Fsp3) is 0.737. The van der Waals surface area contributed by atoms with Gasteiger partial charge in [-0.3, -0.25) is 14.3 Å². The van der Waals surface area contributed by atoms with Gasteiger partial charge in [-0.15, -0.1) is 0 Å². The summed E-state index contributed by atoms with van der Waals surface area (Å²) >= 11 is 0. The minimum Gasteiger partial charge on any atom is -0.368 e. The first kappa shape index (κ1) is 17.5. The van der Waals surface area contributed by atoms with Crippen LogP contribution in [0.25, 0.3) is 0 Å². The van der Waals surface area contributed by atoms with Gasteiger partial charge in [0.15, 0.2) is 0 Å². The average Bonchev–Trinajstić information content (AvgIpc) is 3.08. The van der Waals surface area contributed by atoms with Gasteiger partial charge in [0.1, 0.15) is 6.10 Å². The van der Waals surface area contributed by atoms with Gasteiger partial charge in [0.2, 0.25) is 5.91 Å². The molecule has 1 N–H and O–H groups in total. The predicted molar refractivity (Wildman–Crippen MR) is 95.2 cm³/mol. The Balaban J connectivity index is 1.21. The number of carbonyl (C=O) groups is 2. The van der Waals surface area contributed by atoms with E-state index in [4.69, 9.17) is 4.74 Å². The smallest absolute Gasteiger partial charge is 0.251 e. The van der Waals surface area contributed by atoms with Gasteiger partial charge in [0.25, 0.3) is 5.91 Å². The molecule has 1 aromatic heterocycles. The Labute approximate surface area is 154 Å². The summed E-state index contributed by atoms with van der Waals surface area (Å²) < 4.78 is 7.44. The van der Waals surface area contributed by atoms with Gasteiger partial charge in [-0.25, -0.2) is 0 Å². The van der Waals surface area contributed by atoms with Crippen LogP contribution in [0.4, 0.5) is 0 Å². The number of carbonyl (C=O) groups excluding carboxylic acids is 2. The number of likely N-dealkylation sites (tertiary alicyclic amines) is 1. The lowest BCUT2D eigenvalue weighted by Crippen LogP contribution is -2.47. The van der Waals surface area contributed by atoms with Crippen molar-refractivity contribution in [2.24, 2.45) is 11.3 Å². The lowest BCUT2D eigenvalue weighted by Gasteiger charge is -2.33. The van der Waals surface area contributed by atoms with Crippen LogP contribution in [0, 0.1) is 11.3 Å². The Morgan fingerprint density at radius 2 is 2.04 bits per heavy atom. The molecule has 1 aromatic rings. The van der Waals surface area contributed by atoms with Crippen molar-refractivity contribution in [1.82, 2.24) is 20.0 Å². The van der Waals surface area contributed by atoms with Crippen molar-refractivity contribution in [3.63, 3.8) is 0 Å². The van der Waals surface area contributed by atoms with E-state index in [1.807, 2.05) is 21.8 Å². The van der Waals surface area contributed by atoms with Gasteiger partial charge >= 0.3 is 0 Å². The average molecular weight is 360 g/mol. The molecule has 2 saturated heterocycles. The monoisotopic (exact) mass is 360 g/mol. The van der Waals surface area contributed by atoms with E-state index in [0.717, 1.165) is 51.6 Å². The quantitative estimate of drug-likeness (QED) is 0.827. The Bertz CT molecular complexity index is 627. The summed E-state index contributed by atoms with van der Waals surface area (Å²) in [7, 11) is 0. The van der Waals surface area contributed by atoms with Gasteiger partial charge < -0.3 is 15.0 Å². The standard InChI is InChI=1S/C19H28N4O3/c24-17(20-13-19(6-7-19)14-23-9-2-8-21-23)15-4-10-22(11-5-15)18(25)16-3-1-12-26-16/h2,8-9,15-16H,1,3-7,10-14H2,(H,20,24)/t16-/m1/s1. The second-order valence-electron chi connectivity index (χ2n) is 8.02. The van der Waals surface area contributed by atoms with Crippen molar-refractivity contribution in [1.29, 1.82) is 0 Å². The first-order chi connectivity index (χ1) is 12.7. The molecule has 1 aliphatic carbocycles. The summed E-state index contributed by atoms with van der Waals surface area (Å²) in [6.45, 7) is 3.61. The maximum absolute atomic E-state index is 12.5. The molecular weight excluding hydrogens is 332 g/mol. The number of nitrogens with one attached hydrogen (secondary N) is 1. The minimum atomic E-state index is -0.252. The number of piperidine rings is 1. The molecule has 7 nitrogen and oxygen atoms in total. The molecule has 0 bridgehead atoms. The molecule has 0 spiro atoms. The van der Waals surface area contributed by atoms with E-state index in [-0.39, 0.29) is 29.3 Å².